The number of carbonyl (C=O) groups excluding carboxylic acids is 1. The summed E-state index contributed by atoms with van der Waals surface area (Å²) >= 11 is 0. The van der Waals surface area contributed by atoms with Crippen molar-refractivity contribution in [2.24, 2.45) is 5.92 Å². The summed E-state index contributed by atoms with van der Waals surface area (Å²) in [5, 5.41) is 11.0. The number of hydrogen-bond acceptors (Lipinski definition) is 2. The van der Waals surface area contributed by atoms with Gasteiger partial charge < -0.3 is 15.3 Å². The molecule has 1 unspecified atom stereocenters. The number of carboxylic acids is 1. The van der Waals surface area contributed by atoms with Gasteiger partial charge >= 0.3 is 18.2 Å². The van der Waals surface area contributed by atoms with E-state index in [2.05, 4.69) is 5.32 Å². The number of rotatable bonds is 6. The minimum atomic E-state index is -4.32. The predicted molar refractivity (Wildman–Crippen MR) is 58.1 cm³/mol. The second-order valence-corrected chi connectivity index (χ2v) is 3.92. The predicted octanol–water partition coefficient (Wildman–Crippen LogP) is 1.69. The highest BCUT2D eigenvalue weighted by Gasteiger charge is 2.28. The minimum absolute atomic E-state index is 0.0962. The van der Waals surface area contributed by atoms with Crippen molar-refractivity contribution >= 4 is 12.0 Å². The van der Waals surface area contributed by atoms with Crippen LogP contribution in [0.25, 0.3) is 0 Å². The molecule has 0 rings (SSSR count). The first-order chi connectivity index (χ1) is 8.17. The highest BCUT2D eigenvalue weighted by Crippen LogP contribution is 2.19. The Morgan fingerprint density at radius 1 is 1.39 bits per heavy atom. The molecule has 8 heteroatoms. The van der Waals surface area contributed by atoms with Gasteiger partial charge in [-0.05, 0) is 6.42 Å². The molecule has 0 aliphatic rings. The monoisotopic (exact) mass is 270 g/mol. The van der Waals surface area contributed by atoms with Crippen LogP contribution in [0.2, 0.25) is 0 Å². The molecule has 0 spiro atoms. The zero-order valence-electron chi connectivity index (χ0n) is 10.3. The molecule has 5 nitrogen and oxygen atoms in total. The van der Waals surface area contributed by atoms with Crippen LogP contribution in [0.4, 0.5) is 18.0 Å². The third-order valence-electron chi connectivity index (χ3n) is 2.42. The Morgan fingerprint density at radius 3 is 2.33 bits per heavy atom. The van der Waals surface area contributed by atoms with Crippen LogP contribution in [0.5, 0.6) is 0 Å². The Labute approximate surface area is 103 Å². The Bertz CT molecular complexity index is 295. The Morgan fingerprint density at radius 2 is 1.94 bits per heavy atom. The van der Waals surface area contributed by atoms with Gasteiger partial charge in [-0.15, -0.1) is 0 Å². The van der Waals surface area contributed by atoms with Crippen LogP contribution in [0.3, 0.4) is 0 Å². The van der Waals surface area contributed by atoms with Crippen LogP contribution in [-0.2, 0) is 4.79 Å². The first-order valence-electron chi connectivity index (χ1n) is 5.46. The molecule has 0 saturated carbocycles. The van der Waals surface area contributed by atoms with Gasteiger partial charge in [-0.2, -0.15) is 13.2 Å². The lowest BCUT2D eigenvalue weighted by Gasteiger charge is -2.20. The van der Waals surface area contributed by atoms with E-state index in [1.165, 1.54) is 7.05 Å². The summed E-state index contributed by atoms with van der Waals surface area (Å²) in [6.45, 7) is 1.10. The maximum absolute atomic E-state index is 11.9. The molecule has 0 saturated heterocycles. The molecule has 0 radical (unpaired) electrons. The molecule has 106 valence electrons. The average molecular weight is 270 g/mol. The lowest BCUT2D eigenvalue weighted by molar-refractivity contribution is -0.141. The highest BCUT2D eigenvalue weighted by molar-refractivity contribution is 5.75. The number of alkyl halides is 3. The average Bonchev–Trinajstić information content (AvgIpc) is 2.24. The topological polar surface area (TPSA) is 69.6 Å². The third-order valence-corrected chi connectivity index (χ3v) is 2.42. The van der Waals surface area contributed by atoms with E-state index in [-0.39, 0.29) is 6.54 Å². The third kappa shape index (κ3) is 6.97. The summed E-state index contributed by atoms with van der Waals surface area (Å²) in [5.41, 5.74) is 0. The van der Waals surface area contributed by atoms with Crippen LogP contribution in [0, 0.1) is 5.92 Å². The van der Waals surface area contributed by atoms with Gasteiger partial charge in [0.25, 0.3) is 0 Å². The van der Waals surface area contributed by atoms with Gasteiger partial charge in [0.05, 0.1) is 12.3 Å². The largest absolute Gasteiger partial charge is 0.481 e. The number of carbonyl (C=O) groups is 2. The van der Waals surface area contributed by atoms with Crippen molar-refractivity contribution in [3.63, 3.8) is 0 Å². The number of carboxylic acid groups (broad SMARTS) is 1. The highest BCUT2D eigenvalue weighted by atomic mass is 19.4. The van der Waals surface area contributed by atoms with Crippen molar-refractivity contribution in [3.05, 3.63) is 0 Å². The van der Waals surface area contributed by atoms with Gasteiger partial charge in [0.15, 0.2) is 0 Å². The summed E-state index contributed by atoms with van der Waals surface area (Å²) in [6.07, 6.45) is -5.07. The minimum Gasteiger partial charge on any atom is -0.481 e. The number of nitrogens with zero attached hydrogens (tertiary/aromatic N) is 1. The van der Waals surface area contributed by atoms with Gasteiger partial charge in [0.1, 0.15) is 0 Å². The molecule has 2 amide bonds. The molecule has 0 aliphatic carbocycles. The van der Waals surface area contributed by atoms with E-state index in [0.717, 1.165) is 4.90 Å². The molecule has 0 aromatic heterocycles. The van der Waals surface area contributed by atoms with E-state index < -0.39 is 37.1 Å². The molecule has 0 heterocycles. The summed E-state index contributed by atoms with van der Waals surface area (Å²) in [6, 6.07) is -0.709. The van der Waals surface area contributed by atoms with Crippen LogP contribution >= 0.6 is 0 Å². The Hall–Kier alpha value is -1.47. The number of nitrogens with one attached hydrogen (secondary N) is 1. The molecule has 0 fully saturated rings. The molecule has 18 heavy (non-hydrogen) atoms. The summed E-state index contributed by atoms with van der Waals surface area (Å²) in [5.74, 6) is -1.78. The molecular formula is C10H17F3N2O3. The quantitative estimate of drug-likeness (QED) is 0.771. The van der Waals surface area contributed by atoms with Gasteiger partial charge in [0, 0.05) is 20.1 Å². The second-order valence-electron chi connectivity index (χ2n) is 3.92. The molecule has 0 aromatic rings. The fourth-order valence-corrected chi connectivity index (χ4v) is 1.15. The van der Waals surface area contributed by atoms with Crippen LogP contribution in [0.15, 0.2) is 0 Å². The van der Waals surface area contributed by atoms with Crippen molar-refractivity contribution in [2.75, 3.05) is 20.1 Å². The summed E-state index contributed by atoms with van der Waals surface area (Å²) in [4.78, 5) is 22.9. The zero-order valence-corrected chi connectivity index (χ0v) is 10.3. The second kappa shape index (κ2) is 7.07. The van der Waals surface area contributed by atoms with Crippen molar-refractivity contribution in [1.29, 1.82) is 0 Å². The number of urea groups is 1. The molecular weight excluding hydrogens is 253 g/mol. The van der Waals surface area contributed by atoms with E-state index in [1.54, 1.807) is 6.92 Å². The first kappa shape index (κ1) is 16.5. The van der Waals surface area contributed by atoms with Crippen molar-refractivity contribution in [1.82, 2.24) is 10.2 Å². The number of aliphatic carboxylic acids is 1. The van der Waals surface area contributed by atoms with Crippen LogP contribution < -0.4 is 5.32 Å². The van der Waals surface area contributed by atoms with Crippen molar-refractivity contribution in [2.45, 2.75) is 25.9 Å². The van der Waals surface area contributed by atoms with Crippen molar-refractivity contribution in [3.8, 4) is 0 Å². The molecule has 0 aliphatic heterocycles. The molecule has 0 aromatic carbocycles. The van der Waals surface area contributed by atoms with Gasteiger partial charge in [0.2, 0.25) is 0 Å². The SMILES string of the molecule is CCC(CNC(=O)N(C)CCC(F)(F)F)C(=O)O. The van der Waals surface area contributed by atoms with Gasteiger partial charge in [-0.25, -0.2) is 4.79 Å². The maximum Gasteiger partial charge on any atom is 0.390 e. The molecule has 0 bridgehead atoms. The van der Waals surface area contributed by atoms with Crippen molar-refractivity contribution < 1.29 is 27.9 Å². The smallest absolute Gasteiger partial charge is 0.390 e. The van der Waals surface area contributed by atoms with E-state index in [0.29, 0.717) is 6.42 Å². The molecule has 1 atom stereocenters. The van der Waals surface area contributed by atoms with E-state index in [4.69, 9.17) is 5.11 Å². The fourth-order valence-electron chi connectivity index (χ4n) is 1.15. The standard InChI is InChI=1S/C10H17F3N2O3/c1-3-7(8(16)17)6-14-9(18)15(2)5-4-10(11,12)13/h7H,3-6H2,1-2H3,(H,14,18)(H,16,17). The van der Waals surface area contributed by atoms with Crippen LogP contribution in [-0.4, -0.2) is 48.3 Å². The van der Waals surface area contributed by atoms with Gasteiger partial charge in [-0.1, -0.05) is 6.92 Å². The lowest BCUT2D eigenvalue weighted by atomic mass is 10.1. The number of halogens is 3. The van der Waals surface area contributed by atoms with E-state index >= 15 is 0 Å². The Balaban J connectivity index is 4.05. The number of amides is 2. The first-order valence-corrected chi connectivity index (χ1v) is 5.46. The fraction of sp³-hybridized carbons (Fsp3) is 0.800. The Kier molecular flexibility index (Phi) is 6.50. The van der Waals surface area contributed by atoms with E-state index in [1.807, 2.05) is 0 Å². The normalized spacial score (nSPS) is 12.9. The zero-order chi connectivity index (χ0) is 14.3. The van der Waals surface area contributed by atoms with E-state index in [9.17, 15) is 22.8 Å². The summed E-state index contributed by atoms with van der Waals surface area (Å²) < 4.78 is 35.8. The maximum atomic E-state index is 11.9. The lowest BCUT2D eigenvalue weighted by Crippen LogP contribution is -2.42. The van der Waals surface area contributed by atoms with Crippen LogP contribution in [0.1, 0.15) is 19.8 Å². The molecule has 2 N–H and O–H groups in total. The van der Waals surface area contributed by atoms with Gasteiger partial charge in [-0.3, -0.25) is 4.79 Å². The summed E-state index contributed by atoms with van der Waals surface area (Å²) in [7, 11) is 1.22. The number of hydrogen-bond donors (Lipinski definition) is 2.